The summed E-state index contributed by atoms with van der Waals surface area (Å²) in [6.45, 7) is 5.18. The first-order chi connectivity index (χ1) is 27.1. The third-order valence-electron chi connectivity index (χ3n) is 10.2. The number of anilines is 2. The number of sulfonamides is 1. The van der Waals surface area contributed by atoms with Crippen LogP contribution in [0, 0.1) is 10.8 Å². The fraction of sp³-hybridized carbons (Fsp3) is 0.279. The first-order valence-corrected chi connectivity index (χ1v) is 21.6. The van der Waals surface area contributed by atoms with Crippen LogP contribution in [-0.2, 0) is 23.0 Å². The molecule has 0 unspecified atom stereocenters. The van der Waals surface area contributed by atoms with Crippen LogP contribution in [0.5, 0.6) is 0 Å². The Hall–Kier alpha value is -4.76. The van der Waals surface area contributed by atoms with E-state index in [1.165, 1.54) is 22.1 Å². The van der Waals surface area contributed by atoms with Gasteiger partial charge in [0.2, 0.25) is 0 Å². The van der Waals surface area contributed by atoms with Gasteiger partial charge >= 0.3 is 0 Å². The van der Waals surface area contributed by atoms with Gasteiger partial charge in [0.15, 0.2) is 11.4 Å². The van der Waals surface area contributed by atoms with Crippen molar-refractivity contribution in [2.24, 2.45) is 5.92 Å². The highest BCUT2D eigenvalue weighted by atomic mass is 35.5. The molecule has 1 aliphatic heterocycles. The Kier molecular flexibility index (Phi) is 14.0. The highest BCUT2D eigenvalue weighted by Crippen LogP contribution is 2.32. The van der Waals surface area contributed by atoms with Gasteiger partial charge in [-0.1, -0.05) is 77.4 Å². The van der Waals surface area contributed by atoms with Crippen molar-refractivity contribution in [3.8, 4) is 11.1 Å². The average Bonchev–Trinajstić information content (AvgIpc) is 3.61. The molecule has 5 aromatic carbocycles. The maximum absolute atomic E-state index is 13.6. The van der Waals surface area contributed by atoms with E-state index >= 15 is 0 Å². The van der Waals surface area contributed by atoms with Crippen molar-refractivity contribution in [3.63, 3.8) is 0 Å². The Balaban J connectivity index is 0.00000549. The summed E-state index contributed by atoms with van der Waals surface area (Å²) < 4.78 is 35.5. The smallest absolute Gasteiger partial charge is 0.263 e. The molecule has 0 aliphatic carbocycles. The number of nitrogens with zero attached hydrogens (tertiary/aromatic N) is 4. The zero-order chi connectivity index (χ0) is 39.1. The van der Waals surface area contributed by atoms with Crippen LogP contribution in [0.15, 0.2) is 130 Å². The second-order valence-corrected chi connectivity index (χ2v) is 17.7. The van der Waals surface area contributed by atoms with E-state index in [4.69, 9.17) is 16.1 Å². The lowest BCUT2D eigenvalue weighted by atomic mass is 9.96. The van der Waals surface area contributed by atoms with Crippen LogP contribution in [0.3, 0.4) is 0 Å². The molecule has 0 saturated carbocycles. The number of thioether (sulfide) groups is 1. The van der Waals surface area contributed by atoms with Gasteiger partial charge in [-0.15, -0.1) is 11.8 Å². The Bertz CT molecular complexity index is 2370. The summed E-state index contributed by atoms with van der Waals surface area (Å²) in [6.07, 6.45) is 1.57. The standard InChI is InChI=1S/C43H45ClN6O4S2.H2O/c1-48(2)21-20-31(30-55-37-9-4-3-5-10-37)26-33-14-18-38(28-41(33)45-51)56(52,53)47-43-40-19-17-36(27-42(40)54-46-43)50-24-22-49(23-25-50)29-34-8-6-7-11-39(34)32-12-15-35(44)16-13-32;/h3-19,27-28,31H,20-26,29-30H2,1-2H3,(H,46,47);1H2/t31-;/m0./s1. The topological polar surface area (TPSA) is 143 Å². The van der Waals surface area contributed by atoms with E-state index in [1.54, 1.807) is 23.9 Å². The fourth-order valence-electron chi connectivity index (χ4n) is 7.08. The largest absolute Gasteiger partial charge is 0.870 e. The number of nitroso groups, excluding NO2 is 1. The third-order valence-corrected chi connectivity index (χ3v) is 13.0. The minimum absolute atomic E-state index is 0. The van der Waals surface area contributed by atoms with E-state index in [1.807, 2.05) is 67.8 Å². The second-order valence-electron chi connectivity index (χ2n) is 14.5. The first kappa shape index (κ1) is 41.9. The molecule has 1 aromatic heterocycles. The number of benzene rings is 5. The van der Waals surface area contributed by atoms with Crippen molar-refractivity contribution in [1.82, 2.24) is 15.0 Å². The van der Waals surface area contributed by atoms with Crippen LogP contribution >= 0.6 is 23.4 Å². The summed E-state index contributed by atoms with van der Waals surface area (Å²) in [6, 6.07) is 37.1. The molecule has 3 N–H and O–H groups in total. The van der Waals surface area contributed by atoms with Gasteiger partial charge in [-0.25, -0.2) is 8.42 Å². The zero-order valence-corrected chi connectivity index (χ0v) is 34.4. The molecular weight excluding hydrogens is 780 g/mol. The Morgan fingerprint density at radius 2 is 1.63 bits per heavy atom. The molecule has 0 radical (unpaired) electrons. The van der Waals surface area contributed by atoms with Gasteiger partial charge in [-0.2, -0.15) is 0 Å². The van der Waals surface area contributed by atoms with E-state index < -0.39 is 10.0 Å². The molecule has 1 fully saturated rings. The van der Waals surface area contributed by atoms with Gasteiger partial charge in [0, 0.05) is 81.9 Å². The van der Waals surface area contributed by atoms with Gasteiger partial charge in [-0.05, 0) is 98.6 Å². The number of fused-ring (bicyclic) bond motifs is 1. The van der Waals surface area contributed by atoms with Crippen molar-refractivity contribution in [2.75, 3.05) is 62.2 Å². The lowest BCUT2D eigenvalue weighted by Gasteiger charge is -2.36. The Morgan fingerprint density at radius 1 is 0.895 bits per heavy atom. The number of aromatic nitrogens is 1. The summed E-state index contributed by atoms with van der Waals surface area (Å²) in [4.78, 5) is 20.2. The lowest BCUT2D eigenvalue weighted by molar-refractivity contribution is -0.380. The molecule has 2 heterocycles. The normalized spacial score (nSPS) is 14.1. The molecule has 0 spiro atoms. The van der Waals surface area contributed by atoms with Crippen LogP contribution in [0.1, 0.15) is 17.5 Å². The van der Waals surface area contributed by atoms with E-state index in [-0.39, 0.29) is 27.8 Å². The van der Waals surface area contributed by atoms with Gasteiger partial charge in [0.05, 0.1) is 10.3 Å². The molecule has 1 aliphatic rings. The fourth-order valence-corrected chi connectivity index (χ4v) is 9.31. The first-order valence-electron chi connectivity index (χ1n) is 18.7. The van der Waals surface area contributed by atoms with E-state index in [0.717, 1.165) is 73.3 Å². The quantitative estimate of drug-likeness (QED) is 0.0944. The van der Waals surface area contributed by atoms with Crippen LogP contribution in [-0.4, -0.2) is 81.4 Å². The number of hydrogen-bond acceptors (Lipinski definition) is 10. The molecule has 11 nitrogen and oxygen atoms in total. The van der Waals surface area contributed by atoms with Gasteiger partial charge in [-0.3, -0.25) is 9.62 Å². The van der Waals surface area contributed by atoms with Crippen molar-refractivity contribution >= 4 is 61.5 Å². The zero-order valence-electron chi connectivity index (χ0n) is 32.0. The van der Waals surface area contributed by atoms with Crippen molar-refractivity contribution in [2.45, 2.75) is 29.2 Å². The SMILES string of the molecule is CN(C)CC[C@H](CSc1ccccc1)Cc1ccc(S(=O)(=O)Nc2noc3cc(N4CCN(Cc5ccccc5-c5ccc(Cl)cc5)CC4)ccc23)cc1[NH+]=O.[OH-]. The molecule has 14 heteroatoms. The summed E-state index contributed by atoms with van der Waals surface area (Å²) in [5, 5.41) is 7.36. The van der Waals surface area contributed by atoms with Crippen LogP contribution < -0.4 is 14.8 Å². The summed E-state index contributed by atoms with van der Waals surface area (Å²) in [7, 11) is 0.00142. The van der Waals surface area contributed by atoms with Gasteiger partial charge in [0.25, 0.3) is 15.7 Å². The highest BCUT2D eigenvalue weighted by Gasteiger charge is 2.25. The Morgan fingerprint density at radius 3 is 2.37 bits per heavy atom. The van der Waals surface area contributed by atoms with Crippen molar-refractivity contribution in [3.05, 3.63) is 136 Å². The monoisotopic (exact) mass is 826 g/mol. The minimum Gasteiger partial charge on any atom is -0.870 e. The highest BCUT2D eigenvalue weighted by molar-refractivity contribution is 7.99. The van der Waals surface area contributed by atoms with E-state index in [0.29, 0.717) is 17.4 Å². The van der Waals surface area contributed by atoms with E-state index in [9.17, 15) is 13.3 Å². The van der Waals surface area contributed by atoms with E-state index in [2.05, 4.69) is 73.1 Å². The molecular formula is C43H47ClN6O5S2. The maximum atomic E-state index is 13.6. The van der Waals surface area contributed by atoms with Gasteiger partial charge < -0.3 is 19.8 Å². The van der Waals surface area contributed by atoms with Gasteiger partial charge in [0.1, 0.15) is 0 Å². The predicted octanol–water partition coefficient (Wildman–Crippen LogP) is 7.48. The molecule has 7 rings (SSSR count). The molecule has 57 heavy (non-hydrogen) atoms. The lowest BCUT2D eigenvalue weighted by Crippen LogP contribution is -2.56. The average molecular weight is 827 g/mol. The van der Waals surface area contributed by atoms with Crippen molar-refractivity contribution < 1.29 is 23.6 Å². The molecule has 298 valence electrons. The predicted molar refractivity (Wildman–Crippen MR) is 229 cm³/mol. The summed E-state index contributed by atoms with van der Waals surface area (Å²) in [5.74, 6) is 1.24. The van der Waals surface area contributed by atoms with Crippen LogP contribution in [0.25, 0.3) is 22.1 Å². The minimum atomic E-state index is -4.09. The molecule has 0 bridgehead atoms. The maximum Gasteiger partial charge on any atom is 0.263 e. The number of hydrogen-bond donors (Lipinski definition) is 2. The number of halogens is 1. The number of nitrogens with one attached hydrogen (secondary N) is 2. The summed E-state index contributed by atoms with van der Waals surface area (Å²) in [5.41, 5.74) is 6.12. The van der Waals surface area contributed by atoms with Crippen LogP contribution in [0.2, 0.25) is 5.02 Å². The van der Waals surface area contributed by atoms with Crippen molar-refractivity contribution in [1.29, 1.82) is 0 Å². The molecule has 1 atom stereocenters. The molecule has 1 saturated heterocycles. The molecule has 6 aromatic rings. The Labute approximate surface area is 343 Å². The summed E-state index contributed by atoms with van der Waals surface area (Å²) >= 11 is 7.92. The van der Waals surface area contributed by atoms with Crippen LogP contribution in [0.4, 0.5) is 17.2 Å². The third kappa shape index (κ3) is 10.6. The number of piperazine rings is 1. The second kappa shape index (κ2) is 19.1. The molecule has 0 amide bonds. The number of rotatable bonds is 16.